The number of phenolic OH excluding ortho intramolecular Hbond substituents is 1. The zero-order chi connectivity index (χ0) is 28.1. The average molecular weight is 524 g/mol. The zero-order valence-electron chi connectivity index (χ0n) is 20.2. The van der Waals surface area contributed by atoms with Gasteiger partial charge in [0, 0.05) is 13.0 Å². The van der Waals surface area contributed by atoms with Crippen molar-refractivity contribution in [2.75, 3.05) is 6.54 Å². The Morgan fingerprint density at radius 2 is 1.49 bits per heavy atom. The quantitative estimate of drug-likeness (QED) is 0.0650. The molecule has 0 aliphatic heterocycles. The summed E-state index contributed by atoms with van der Waals surface area (Å²) in [6, 6.07) is 0.396. The summed E-state index contributed by atoms with van der Waals surface area (Å²) in [5.74, 6) is -5.52. The molecule has 204 valence electrons. The van der Waals surface area contributed by atoms with Crippen LogP contribution in [0.25, 0.3) is 0 Å². The number of guanidine groups is 1. The summed E-state index contributed by atoms with van der Waals surface area (Å²) < 4.78 is 0. The van der Waals surface area contributed by atoms with Crippen LogP contribution in [-0.2, 0) is 30.4 Å². The lowest BCUT2D eigenvalue weighted by Gasteiger charge is -2.24. The number of rotatable bonds is 15. The Hall–Kier alpha value is -4.40. The predicted molar refractivity (Wildman–Crippen MR) is 131 cm³/mol. The Bertz CT molecular complexity index is 995. The van der Waals surface area contributed by atoms with Crippen molar-refractivity contribution in [3.63, 3.8) is 0 Å². The molecular weight excluding hydrogens is 490 g/mol. The van der Waals surface area contributed by atoms with Crippen molar-refractivity contribution in [3.8, 4) is 5.75 Å². The number of aliphatic imine (C=N–C) groups is 1. The highest BCUT2D eigenvalue weighted by Gasteiger charge is 2.30. The van der Waals surface area contributed by atoms with Gasteiger partial charge in [0.1, 0.15) is 23.9 Å². The summed E-state index contributed by atoms with van der Waals surface area (Å²) in [6.45, 7) is 1.44. The van der Waals surface area contributed by atoms with Gasteiger partial charge in [0.2, 0.25) is 17.7 Å². The van der Waals surface area contributed by atoms with E-state index in [4.69, 9.17) is 22.3 Å². The lowest BCUT2D eigenvalue weighted by atomic mass is 10.0. The molecule has 37 heavy (non-hydrogen) atoms. The molecule has 0 saturated heterocycles. The number of nitrogens with zero attached hydrogens (tertiary/aromatic N) is 1. The van der Waals surface area contributed by atoms with Crippen molar-refractivity contribution in [2.24, 2.45) is 22.2 Å². The average Bonchev–Trinajstić information content (AvgIpc) is 2.81. The van der Waals surface area contributed by atoms with Gasteiger partial charge in [0.15, 0.2) is 5.96 Å². The molecule has 4 unspecified atom stereocenters. The molecular formula is C22H33N7O8. The largest absolute Gasteiger partial charge is 0.508 e. The first-order chi connectivity index (χ1) is 17.3. The van der Waals surface area contributed by atoms with Gasteiger partial charge in [-0.1, -0.05) is 12.1 Å². The molecule has 0 aliphatic carbocycles. The highest BCUT2D eigenvalue weighted by Crippen LogP contribution is 2.12. The number of carbonyl (C=O) groups is 5. The van der Waals surface area contributed by atoms with Gasteiger partial charge in [-0.3, -0.25) is 29.0 Å². The Kier molecular flexibility index (Phi) is 12.3. The van der Waals surface area contributed by atoms with E-state index in [0.717, 1.165) is 0 Å². The smallest absolute Gasteiger partial charge is 0.325 e. The third kappa shape index (κ3) is 11.7. The number of carbonyl (C=O) groups excluding carboxylic acids is 3. The van der Waals surface area contributed by atoms with E-state index < -0.39 is 60.2 Å². The number of aliphatic carboxylic acids is 2. The summed E-state index contributed by atoms with van der Waals surface area (Å²) in [4.78, 5) is 64.4. The molecule has 0 bridgehead atoms. The third-order valence-electron chi connectivity index (χ3n) is 5.05. The van der Waals surface area contributed by atoms with Gasteiger partial charge in [-0.15, -0.1) is 0 Å². The van der Waals surface area contributed by atoms with Crippen LogP contribution in [0.5, 0.6) is 5.75 Å². The maximum Gasteiger partial charge on any atom is 0.325 e. The van der Waals surface area contributed by atoms with Gasteiger partial charge < -0.3 is 48.5 Å². The second-order valence-electron chi connectivity index (χ2n) is 8.21. The van der Waals surface area contributed by atoms with Crippen molar-refractivity contribution in [1.82, 2.24) is 16.0 Å². The van der Waals surface area contributed by atoms with E-state index in [1.54, 1.807) is 0 Å². The van der Waals surface area contributed by atoms with Gasteiger partial charge in [-0.25, -0.2) is 0 Å². The van der Waals surface area contributed by atoms with E-state index in [1.165, 1.54) is 31.2 Å². The second kappa shape index (κ2) is 14.9. The maximum atomic E-state index is 12.9. The molecule has 0 fully saturated rings. The summed E-state index contributed by atoms with van der Waals surface area (Å²) >= 11 is 0. The predicted octanol–water partition coefficient (Wildman–Crippen LogP) is -2.65. The van der Waals surface area contributed by atoms with Gasteiger partial charge in [-0.2, -0.15) is 0 Å². The molecule has 0 aromatic heterocycles. The van der Waals surface area contributed by atoms with Crippen LogP contribution in [0.15, 0.2) is 29.3 Å². The molecule has 1 rings (SSSR count). The molecule has 0 saturated carbocycles. The first-order valence-corrected chi connectivity index (χ1v) is 11.2. The number of carboxylic acids is 2. The number of nitrogens with one attached hydrogen (secondary N) is 3. The van der Waals surface area contributed by atoms with Crippen LogP contribution in [0.2, 0.25) is 0 Å². The van der Waals surface area contributed by atoms with Crippen LogP contribution in [0.1, 0.15) is 31.7 Å². The Balaban J connectivity index is 3.00. The van der Waals surface area contributed by atoms with Crippen molar-refractivity contribution in [2.45, 2.75) is 56.8 Å². The molecule has 0 spiro atoms. The molecule has 0 radical (unpaired) electrons. The number of carboxylic acid groups (broad SMARTS) is 2. The van der Waals surface area contributed by atoms with Crippen LogP contribution in [0, 0.1) is 0 Å². The van der Waals surface area contributed by atoms with E-state index in [1.807, 2.05) is 0 Å². The molecule has 15 nitrogen and oxygen atoms in total. The topological polar surface area (TPSA) is 273 Å². The van der Waals surface area contributed by atoms with Crippen LogP contribution in [0.4, 0.5) is 0 Å². The van der Waals surface area contributed by atoms with Gasteiger partial charge in [0.25, 0.3) is 0 Å². The third-order valence-corrected chi connectivity index (χ3v) is 5.05. The molecule has 3 amide bonds. The van der Waals surface area contributed by atoms with Crippen LogP contribution >= 0.6 is 0 Å². The molecule has 4 atom stereocenters. The number of phenols is 1. The minimum absolute atomic E-state index is 0.0350. The SMILES string of the molecule is CC(NC(=O)C(Cc1ccc(O)cc1)NC(=O)C(CC(=O)O)NC(=O)C(N)CCCN=C(N)N)C(=O)O. The normalized spacial score (nSPS) is 13.8. The summed E-state index contributed by atoms with van der Waals surface area (Å²) in [5.41, 5.74) is 16.8. The highest BCUT2D eigenvalue weighted by atomic mass is 16.4. The fourth-order valence-corrected chi connectivity index (χ4v) is 3.04. The molecule has 1 aromatic rings. The molecule has 0 heterocycles. The number of aromatic hydroxyl groups is 1. The van der Waals surface area contributed by atoms with E-state index >= 15 is 0 Å². The van der Waals surface area contributed by atoms with Crippen molar-refractivity contribution in [3.05, 3.63) is 29.8 Å². The van der Waals surface area contributed by atoms with E-state index in [9.17, 15) is 34.2 Å². The number of nitrogens with two attached hydrogens (primary N) is 3. The van der Waals surface area contributed by atoms with Crippen LogP contribution in [0.3, 0.4) is 0 Å². The fraction of sp³-hybridized carbons (Fsp3) is 0.455. The lowest BCUT2D eigenvalue weighted by Crippen LogP contribution is -2.57. The van der Waals surface area contributed by atoms with Crippen molar-refractivity contribution >= 4 is 35.6 Å². The van der Waals surface area contributed by atoms with Crippen LogP contribution < -0.4 is 33.2 Å². The van der Waals surface area contributed by atoms with Gasteiger partial charge in [0.05, 0.1) is 12.5 Å². The molecule has 1 aromatic carbocycles. The van der Waals surface area contributed by atoms with Crippen LogP contribution in [-0.4, -0.2) is 81.7 Å². The number of hydrogen-bond acceptors (Lipinski definition) is 8. The van der Waals surface area contributed by atoms with Gasteiger partial charge in [-0.05, 0) is 37.5 Å². The molecule has 12 N–H and O–H groups in total. The van der Waals surface area contributed by atoms with E-state index in [0.29, 0.717) is 12.0 Å². The second-order valence-corrected chi connectivity index (χ2v) is 8.21. The standard InChI is InChI=1S/C22H33N7O8/c1-11(21(36)37)27-19(34)15(9-12-4-6-13(30)7-5-12)29-20(35)16(10-17(31)32)28-18(33)14(23)3-2-8-26-22(24)25/h4-7,11,14-16,30H,2-3,8-10,23H2,1H3,(H,27,34)(H,28,33)(H,29,35)(H,31,32)(H,36,37)(H4,24,25,26). The Labute approximate surface area is 212 Å². The lowest BCUT2D eigenvalue weighted by molar-refractivity contribution is -0.143. The highest BCUT2D eigenvalue weighted by molar-refractivity contribution is 5.95. The minimum atomic E-state index is -1.58. The minimum Gasteiger partial charge on any atom is -0.508 e. The Morgan fingerprint density at radius 1 is 0.919 bits per heavy atom. The van der Waals surface area contributed by atoms with Gasteiger partial charge >= 0.3 is 11.9 Å². The first-order valence-electron chi connectivity index (χ1n) is 11.2. The Morgan fingerprint density at radius 3 is 2.03 bits per heavy atom. The van der Waals surface area contributed by atoms with Crippen molar-refractivity contribution < 1.29 is 39.3 Å². The number of benzene rings is 1. The number of amides is 3. The monoisotopic (exact) mass is 523 g/mol. The zero-order valence-corrected chi connectivity index (χ0v) is 20.2. The first kappa shape index (κ1) is 30.6. The number of hydrogen-bond donors (Lipinski definition) is 9. The summed E-state index contributed by atoms with van der Waals surface area (Å²) in [7, 11) is 0. The van der Waals surface area contributed by atoms with Crippen molar-refractivity contribution in [1.29, 1.82) is 0 Å². The molecule has 15 heteroatoms. The maximum absolute atomic E-state index is 12.9. The molecule has 0 aliphatic rings. The summed E-state index contributed by atoms with van der Waals surface area (Å²) in [6.07, 6.45) is -0.443. The van der Waals surface area contributed by atoms with E-state index in [2.05, 4.69) is 20.9 Å². The summed E-state index contributed by atoms with van der Waals surface area (Å²) in [5, 5.41) is 34.7. The fourth-order valence-electron chi connectivity index (χ4n) is 3.04. The van der Waals surface area contributed by atoms with E-state index in [-0.39, 0.29) is 31.1 Å².